The summed E-state index contributed by atoms with van der Waals surface area (Å²) in [5.41, 5.74) is 2.89. The van der Waals surface area contributed by atoms with Gasteiger partial charge in [0.05, 0.1) is 25.0 Å². The predicted octanol–water partition coefficient (Wildman–Crippen LogP) is 5.61. The van der Waals surface area contributed by atoms with Crippen LogP contribution < -0.4 is 10.4 Å². The first-order chi connectivity index (χ1) is 15.5. The lowest BCUT2D eigenvalue weighted by molar-refractivity contribution is -0.139. The van der Waals surface area contributed by atoms with Crippen LogP contribution in [-0.2, 0) is 9.53 Å². The van der Waals surface area contributed by atoms with E-state index < -0.39 is 0 Å². The minimum Gasteiger partial charge on any atom is -0.478 e. The average molecular weight is 436 g/mol. The zero-order valence-electron chi connectivity index (χ0n) is 18.7. The largest absolute Gasteiger partial charge is 0.478 e. The van der Waals surface area contributed by atoms with E-state index in [2.05, 4.69) is 11.6 Å². The number of aromatic nitrogens is 1. The summed E-state index contributed by atoms with van der Waals surface area (Å²) in [6.45, 7) is 8.16. The summed E-state index contributed by atoms with van der Waals surface area (Å²) >= 11 is 0. The van der Waals surface area contributed by atoms with Gasteiger partial charge in [0.15, 0.2) is 5.58 Å². The maximum absolute atomic E-state index is 12.4. The van der Waals surface area contributed by atoms with Gasteiger partial charge in [-0.25, -0.2) is 14.6 Å². The second-order valence-corrected chi connectivity index (χ2v) is 7.86. The maximum Gasteiger partial charge on any atom is 0.344 e. The highest BCUT2D eigenvalue weighted by molar-refractivity contribution is 5.86. The summed E-state index contributed by atoms with van der Waals surface area (Å²) in [6, 6.07) is 11.4. The Hall–Kier alpha value is -3.41. The fraction of sp³-hybridized carbons (Fsp3) is 0.346. The maximum atomic E-state index is 12.4. The van der Waals surface area contributed by atoms with Gasteiger partial charge in [-0.05, 0) is 43.9 Å². The lowest BCUT2D eigenvalue weighted by atomic mass is 10.0. The Kier molecular flexibility index (Phi) is 8.20. The Morgan fingerprint density at radius 3 is 2.50 bits per heavy atom. The first-order valence-corrected chi connectivity index (χ1v) is 10.9. The molecule has 0 amide bonds. The minimum atomic E-state index is -0.378. The summed E-state index contributed by atoms with van der Waals surface area (Å²) in [5, 5.41) is 0.775. The van der Waals surface area contributed by atoms with Gasteiger partial charge in [-0.2, -0.15) is 0 Å². The SMILES string of the molecule is C=C(C)C(=O)OCCCCCCCOc1cc2cc(-c3ccccc3C)c(=O)oc2cn1. The predicted molar refractivity (Wildman–Crippen MR) is 125 cm³/mol. The number of fused-ring (bicyclic) bond motifs is 1. The van der Waals surface area contributed by atoms with Crippen molar-refractivity contribution in [3.63, 3.8) is 0 Å². The summed E-state index contributed by atoms with van der Waals surface area (Å²) in [4.78, 5) is 28.0. The molecule has 2 aromatic heterocycles. The molecule has 0 spiro atoms. The molecule has 0 bridgehead atoms. The van der Waals surface area contributed by atoms with Gasteiger partial charge in [0, 0.05) is 17.0 Å². The summed E-state index contributed by atoms with van der Waals surface area (Å²) in [5.74, 6) is 0.181. The molecule has 0 fully saturated rings. The molecule has 0 saturated heterocycles. The zero-order valence-corrected chi connectivity index (χ0v) is 18.7. The third-order valence-corrected chi connectivity index (χ3v) is 5.15. The lowest BCUT2D eigenvalue weighted by Gasteiger charge is -2.08. The molecule has 3 rings (SSSR count). The Bertz CT molecular complexity index is 1150. The summed E-state index contributed by atoms with van der Waals surface area (Å²) in [7, 11) is 0. The molecule has 2 heterocycles. The number of unbranched alkanes of at least 4 members (excludes halogenated alkanes) is 4. The van der Waals surface area contributed by atoms with E-state index in [0.29, 0.717) is 35.8 Å². The van der Waals surface area contributed by atoms with Gasteiger partial charge in [-0.3, -0.25) is 0 Å². The summed E-state index contributed by atoms with van der Waals surface area (Å²) < 4.78 is 16.3. The van der Waals surface area contributed by atoms with Crippen molar-refractivity contribution < 1.29 is 18.7 Å². The van der Waals surface area contributed by atoms with E-state index in [1.165, 1.54) is 6.20 Å². The van der Waals surface area contributed by atoms with Crippen LogP contribution in [0.3, 0.4) is 0 Å². The van der Waals surface area contributed by atoms with Crippen LogP contribution in [0, 0.1) is 6.92 Å². The Labute approximate surface area is 187 Å². The first-order valence-electron chi connectivity index (χ1n) is 10.9. The van der Waals surface area contributed by atoms with Crippen LogP contribution >= 0.6 is 0 Å². The molecule has 0 radical (unpaired) electrons. The number of benzene rings is 1. The molecule has 0 unspecified atom stereocenters. The molecule has 3 aromatic rings. The number of nitrogens with zero attached hydrogens (tertiary/aromatic N) is 1. The molecule has 0 aliphatic heterocycles. The number of aryl methyl sites for hydroxylation is 1. The second-order valence-electron chi connectivity index (χ2n) is 7.86. The lowest BCUT2D eigenvalue weighted by Crippen LogP contribution is -2.06. The molecule has 32 heavy (non-hydrogen) atoms. The number of hydrogen-bond acceptors (Lipinski definition) is 6. The highest BCUT2D eigenvalue weighted by atomic mass is 16.5. The van der Waals surface area contributed by atoms with Crippen molar-refractivity contribution in [3.8, 4) is 17.0 Å². The first kappa shape index (κ1) is 23.3. The number of rotatable bonds is 11. The van der Waals surface area contributed by atoms with Crippen molar-refractivity contribution in [2.45, 2.75) is 46.0 Å². The Morgan fingerprint density at radius 2 is 1.75 bits per heavy atom. The number of carbonyl (C=O) groups is 1. The summed E-state index contributed by atoms with van der Waals surface area (Å²) in [6.07, 6.45) is 6.35. The molecule has 0 saturated carbocycles. The quantitative estimate of drug-likeness (QED) is 0.221. The number of carbonyl (C=O) groups excluding carboxylic acids is 1. The second kappa shape index (κ2) is 11.3. The van der Waals surface area contributed by atoms with Crippen LogP contribution in [-0.4, -0.2) is 24.2 Å². The molecule has 6 heteroatoms. The van der Waals surface area contributed by atoms with E-state index >= 15 is 0 Å². The molecule has 0 N–H and O–H groups in total. The fourth-order valence-electron chi connectivity index (χ4n) is 3.35. The van der Waals surface area contributed by atoms with Crippen molar-refractivity contribution in [1.29, 1.82) is 0 Å². The van der Waals surface area contributed by atoms with E-state index in [4.69, 9.17) is 13.9 Å². The normalized spacial score (nSPS) is 10.8. The average Bonchev–Trinajstić information content (AvgIpc) is 2.78. The van der Waals surface area contributed by atoms with Gasteiger partial charge < -0.3 is 13.9 Å². The molecular weight excluding hydrogens is 406 g/mol. The van der Waals surface area contributed by atoms with Gasteiger partial charge in [-0.15, -0.1) is 0 Å². The van der Waals surface area contributed by atoms with E-state index in [0.717, 1.165) is 48.6 Å². The minimum absolute atomic E-state index is 0.327. The molecule has 0 aliphatic rings. The monoisotopic (exact) mass is 435 g/mol. The molecule has 1 aromatic carbocycles. The van der Waals surface area contributed by atoms with Gasteiger partial charge in [0.25, 0.3) is 0 Å². The van der Waals surface area contributed by atoms with E-state index in [1.54, 1.807) is 13.0 Å². The molecular formula is C26H29NO5. The Balaban J connectivity index is 1.48. The van der Waals surface area contributed by atoms with Crippen molar-refractivity contribution in [3.05, 3.63) is 70.7 Å². The topological polar surface area (TPSA) is 78.6 Å². The van der Waals surface area contributed by atoms with Crippen LogP contribution in [0.1, 0.15) is 44.6 Å². The molecule has 0 atom stereocenters. The third-order valence-electron chi connectivity index (χ3n) is 5.15. The van der Waals surface area contributed by atoms with Gasteiger partial charge >= 0.3 is 11.6 Å². The third kappa shape index (κ3) is 6.30. The van der Waals surface area contributed by atoms with Crippen LogP contribution in [0.15, 0.2) is 64.0 Å². The van der Waals surface area contributed by atoms with Crippen LogP contribution in [0.25, 0.3) is 22.1 Å². The van der Waals surface area contributed by atoms with Crippen molar-refractivity contribution >= 4 is 16.9 Å². The smallest absolute Gasteiger partial charge is 0.344 e. The Morgan fingerprint density at radius 1 is 1.03 bits per heavy atom. The van der Waals surface area contributed by atoms with Crippen molar-refractivity contribution in [2.24, 2.45) is 0 Å². The van der Waals surface area contributed by atoms with Gasteiger partial charge in [0.2, 0.25) is 5.88 Å². The van der Waals surface area contributed by atoms with Crippen molar-refractivity contribution in [2.75, 3.05) is 13.2 Å². The van der Waals surface area contributed by atoms with Gasteiger partial charge in [-0.1, -0.05) is 50.1 Å². The highest BCUT2D eigenvalue weighted by Crippen LogP contribution is 2.25. The van der Waals surface area contributed by atoms with Gasteiger partial charge in [0.1, 0.15) is 0 Å². The van der Waals surface area contributed by atoms with Crippen LogP contribution in [0.4, 0.5) is 0 Å². The van der Waals surface area contributed by atoms with Crippen molar-refractivity contribution in [1.82, 2.24) is 4.98 Å². The molecule has 0 aliphatic carbocycles. The fourth-order valence-corrected chi connectivity index (χ4v) is 3.35. The van der Waals surface area contributed by atoms with E-state index in [-0.39, 0.29) is 11.6 Å². The standard InChI is InChI=1S/C26H29NO5/c1-18(2)25(28)31-14-10-6-4-5-9-13-30-24-16-20-15-22(21-12-8-7-11-19(21)3)26(29)32-23(20)17-27-24/h7-8,11-12,15-17H,1,4-6,9-10,13-14H2,2-3H3. The van der Waals surface area contributed by atoms with Crippen LogP contribution in [0.2, 0.25) is 0 Å². The highest BCUT2D eigenvalue weighted by Gasteiger charge is 2.11. The molecule has 6 nitrogen and oxygen atoms in total. The van der Waals surface area contributed by atoms with Crippen LogP contribution in [0.5, 0.6) is 5.88 Å². The number of hydrogen-bond donors (Lipinski definition) is 0. The van der Waals surface area contributed by atoms with E-state index in [1.807, 2.05) is 37.3 Å². The number of ether oxygens (including phenoxy) is 2. The van der Waals surface area contributed by atoms with E-state index in [9.17, 15) is 9.59 Å². The number of esters is 1. The number of pyridine rings is 1. The molecule has 168 valence electrons. The zero-order chi connectivity index (χ0) is 22.9.